The number of benzene rings is 1. The van der Waals surface area contributed by atoms with Crippen molar-refractivity contribution in [1.82, 2.24) is 0 Å². The average molecular weight is 228 g/mol. The van der Waals surface area contributed by atoms with Gasteiger partial charge in [-0.3, -0.25) is 0 Å². The maximum Gasteiger partial charge on any atom is 0.101 e. The molecule has 0 saturated heterocycles. The van der Waals surface area contributed by atoms with Crippen LogP contribution in [0.25, 0.3) is 0 Å². The van der Waals surface area contributed by atoms with E-state index >= 15 is 0 Å². The fourth-order valence-corrected chi connectivity index (χ4v) is 2.79. The van der Waals surface area contributed by atoms with Gasteiger partial charge in [-0.1, -0.05) is 39.8 Å². The molecule has 17 heavy (non-hydrogen) atoms. The maximum absolute atomic E-state index is 9.01. The molecule has 2 rings (SSSR count). The summed E-state index contributed by atoms with van der Waals surface area (Å²) >= 11 is 0. The highest BCUT2D eigenvalue weighted by Gasteiger charge is 2.63. The number of anilines is 1. The zero-order valence-corrected chi connectivity index (χ0v) is 11.0. The van der Waals surface area contributed by atoms with E-state index in [1.807, 2.05) is 24.3 Å². The molecule has 0 heterocycles. The summed E-state index contributed by atoms with van der Waals surface area (Å²) in [6.45, 7) is 10.2. The molecular weight excluding hydrogens is 208 g/mol. The van der Waals surface area contributed by atoms with Gasteiger partial charge in [0.25, 0.3) is 0 Å². The normalized spacial score (nSPS) is 20.6. The van der Waals surface area contributed by atoms with Gasteiger partial charge < -0.3 is 5.32 Å². The SMILES string of the molecule is CC1(C)C(CNc2ccccc2C#N)C1(C)C. The van der Waals surface area contributed by atoms with Crippen LogP contribution < -0.4 is 5.32 Å². The molecule has 0 radical (unpaired) electrons. The van der Waals surface area contributed by atoms with E-state index < -0.39 is 0 Å². The van der Waals surface area contributed by atoms with E-state index in [9.17, 15) is 0 Å². The number of para-hydroxylation sites is 1. The molecular formula is C15H20N2. The van der Waals surface area contributed by atoms with E-state index in [2.05, 4.69) is 39.1 Å². The third kappa shape index (κ3) is 1.80. The highest BCUT2D eigenvalue weighted by Crippen LogP contribution is 2.68. The lowest BCUT2D eigenvalue weighted by Crippen LogP contribution is -2.09. The van der Waals surface area contributed by atoms with Gasteiger partial charge in [0.15, 0.2) is 0 Å². The number of nitrogens with one attached hydrogen (secondary N) is 1. The first-order valence-corrected chi connectivity index (χ1v) is 6.14. The number of rotatable bonds is 3. The minimum Gasteiger partial charge on any atom is -0.384 e. The Morgan fingerprint density at radius 1 is 1.18 bits per heavy atom. The smallest absolute Gasteiger partial charge is 0.101 e. The van der Waals surface area contributed by atoms with Crippen LogP contribution in [0.15, 0.2) is 24.3 Å². The van der Waals surface area contributed by atoms with Crippen molar-refractivity contribution >= 4 is 5.69 Å². The van der Waals surface area contributed by atoms with Gasteiger partial charge in [0, 0.05) is 6.54 Å². The van der Waals surface area contributed by atoms with Gasteiger partial charge in [0.1, 0.15) is 6.07 Å². The van der Waals surface area contributed by atoms with Crippen molar-refractivity contribution < 1.29 is 0 Å². The molecule has 0 unspecified atom stereocenters. The zero-order chi connectivity index (χ0) is 12.7. The summed E-state index contributed by atoms with van der Waals surface area (Å²) in [4.78, 5) is 0. The summed E-state index contributed by atoms with van der Waals surface area (Å²) in [7, 11) is 0. The van der Waals surface area contributed by atoms with Crippen molar-refractivity contribution in [1.29, 1.82) is 5.26 Å². The Morgan fingerprint density at radius 3 is 2.29 bits per heavy atom. The van der Waals surface area contributed by atoms with Gasteiger partial charge in [0.05, 0.1) is 11.3 Å². The van der Waals surface area contributed by atoms with Crippen molar-refractivity contribution in [2.45, 2.75) is 27.7 Å². The Kier molecular flexibility index (Phi) is 2.66. The average Bonchev–Trinajstić information content (AvgIpc) is 2.67. The Morgan fingerprint density at radius 2 is 1.76 bits per heavy atom. The maximum atomic E-state index is 9.01. The van der Waals surface area contributed by atoms with Crippen LogP contribution in [0.4, 0.5) is 5.69 Å². The number of nitrogens with zero attached hydrogens (tertiary/aromatic N) is 1. The van der Waals surface area contributed by atoms with Crippen LogP contribution in [-0.2, 0) is 0 Å². The van der Waals surface area contributed by atoms with Crippen LogP contribution in [0.3, 0.4) is 0 Å². The first-order valence-electron chi connectivity index (χ1n) is 6.14. The second-order valence-electron chi connectivity index (χ2n) is 6.03. The summed E-state index contributed by atoms with van der Waals surface area (Å²) in [5.41, 5.74) is 2.46. The van der Waals surface area contributed by atoms with Gasteiger partial charge in [0.2, 0.25) is 0 Å². The lowest BCUT2D eigenvalue weighted by Gasteiger charge is -2.08. The molecule has 0 atom stereocenters. The van der Waals surface area contributed by atoms with Gasteiger partial charge in [-0.05, 0) is 28.9 Å². The third-order valence-corrected chi connectivity index (χ3v) is 4.86. The number of hydrogen-bond donors (Lipinski definition) is 1. The van der Waals surface area contributed by atoms with Crippen molar-refractivity contribution in [3.8, 4) is 6.07 Å². The van der Waals surface area contributed by atoms with E-state index in [4.69, 9.17) is 5.26 Å². The van der Waals surface area contributed by atoms with Gasteiger partial charge in [-0.2, -0.15) is 5.26 Å². The van der Waals surface area contributed by atoms with Crippen LogP contribution in [0.1, 0.15) is 33.3 Å². The predicted octanol–water partition coefficient (Wildman–Crippen LogP) is 3.65. The number of hydrogen-bond acceptors (Lipinski definition) is 2. The van der Waals surface area contributed by atoms with E-state index in [0.717, 1.165) is 17.8 Å². The van der Waals surface area contributed by atoms with Crippen molar-refractivity contribution in [2.75, 3.05) is 11.9 Å². The standard InChI is InChI=1S/C15H20N2/c1-14(2)13(15(14,3)4)10-17-12-8-6-5-7-11(12)9-16/h5-8,13,17H,10H2,1-4H3. The summed E-state index contributed by atoms with van der Waals surface area (Å²) in [5.74, 6) is 0.668. The highest BCUT2D eigenvalue weighted by molar-refractivity contribution is 5.57. The molecule has 0 aliphatic heterocycles. The second-order valence-corrected chi connectivity index (χ2v) is 6.03. The fraction of sp³-hybridized carbons (Fsp3) is 0.533. The Balaban J connectivity index is 2.04. The summed E-state index contributed by atoms with van der Waals surface area (Å²) < 4.78 is 0. The van der Waals surface area contributed by atoms with Crippen molar-refractivity contribution in [3.63, 3.8) is 0 Å². The first-order chi connectivity index (χ1) is 7.91. The van der Waals surface area contributed by atoms with Crippen molar-refractivity contribution in [3.05, 3.63) is 29.8 Å². The van der Waals surface area contributed by atoms with Gasteiger partial charge >= 0.3 is 0 Å². The first kappa shape index (κ1) is 12.0. The van der Waals surface area contributed by atoms with Crippen molar-refractivity contribution in [2.24, 2.45) is 16.7 Å². The molecule has 1 fully saturated rings. The minimum atomic E-state index is 0.390. The van der Waals surface area contributed by atoms with Crippen LogP contribution in [0.2, 0.25) is 0 Å². The Hall–Kier alpha value is -1.49. The van der Waals surface area contributed by atoms with E-state index in [1.54, 1.807) is 0 Å². The predicted molar refractivity (Wildman–Crippen MR) is 70.7 cm³/mol. The zero-order valence-electron chi connectivity index (χ0n) is 11.0. The monoisotopic (exact) mass is 228 g/mol. The fourth-order valence-electron chi connectivity index (χ4n) is 2.79. The largest absolute Gasteiger partial charge is 0.384 e. The molecule has 1 aromatic rings. The van der Waals surface area contributed by atoms with Crippen LogP contribution in [0, 0.1) is 28.1 Å². The molecule has 0 spiro atoms. The summed E-state index contributed by atoms with van der Waals surface area (Å²) in [5, 5.41) is 12.4. The molecule has 1 aliphatic carbocycles. The van der Waals surface area contributed by atoms with E-state index in [1.165, 1.54) is 0 Å². The molecule has 1 aliphatic rings. The molecule has 1 saturated carbocycles. The van der Waals surface area contributed by atoms with Gasteiger partial charge in [-0.25, -0.2) is 0 Å². The van der Waals surface area contributed by atoms with Crippen LogP contribution in [0.5, 0.6) is 0 Å². The lowest BCUT2D eigenvalue weighted by molar-refractivity contribution is 0.457. The topological polar surface area (TPSA) is 35.8 Å². The van der Waals surface area contributed by atoms with Crippen LogP contribution in [-0.4, -0.2) is 6.54 Å². The van der Waals surface area contributed by atoms with Crippen LogP contribution >= 0.6 is 0 Å². The lowest BCUT2D eigenvalue weighted by atomic mass is 10.0. The highest BCUT2D eigenvalue weighted by atomic mass is 14.9. The Bertz CT molecular complexity index is 452. The molecule has 2 nitrogen and oxygen atoms in total. The van der Waals surface area contributed by atoms with E-state index in [0.29, 0.717) is 16.7 Å². The molecule has 90 valence electrons. The molecule has 2 heteroatoms. The quantitative estimate of drug-likeness (QED) is 0.857. The molecule has 0 aromatic heterocycles. The molecule has 0 bridgehead atoms. The molecule has 1 N–H and O–H groups in total. The van der Waals surface area contributed by atoms with Gasteiger partial charge in [-0.15, -0.1) is 0 Å². The minimum absolute atomic E-state index is 0.390. The molecule has 0 amide bonds. The molecule has 1 aromatic carbocycles. The third-order valence-electron chi connectivity index (χ3n) is 4.86. The van der Waals surface area contributed by atoms with E-state index in [-0.39, 0.29) is 0 Å². The number of nitriles is 1. The summed E-state index contributed by atoms with van der Waals surface area (Å²) in [6, 6.07) is 9.91. The second kappa shape index (κ2) is 3.77. The summed E-state index contributed by atoms with van der Waals surface area (Å²) in [6.07, 6.45) is 0. The Labute approximate surface area is 104 Å².